The molecule has 0 saturated carbocycles. The number of nitrogens with zero attached hydrogens (tertiary/aromatic N) is 2. The van der Waals surface area contributed by atoms with Gasteiger partial charge in [-0.1, -0.05) is 0 Å². The van der Waals surface area contributed by atoms with Crippen LogP contribution in [-0.4, -0.2) is 57.5 Å². The smallest absolute Gasteiger partial charge is 0.377 e. The third-order valence-electron chi connectivity index (χ3n) is 2.71. The molecule has 0 radical (unpaired) electrons. The van der Waals surface area contributed by atoms with Gasteiger partial charge in [-0.05, 0) is 18.6 Å². The first-order chi connectivity index (χ1) is 9.48. The zero-order valence-corrected chi connectivity index (χ0v) is 13.5. The Morgan fingerprint density at radius 3 is 2.50 bits per heavy atom. The summed E-state index contributed by atoms with van der Waals surface area (Å²) in [6.45, 7) is 0.421. The Kier molecular flexibility index (Phi) is 6.29. The Morgan fingerprint density at radius 2 is 2.05 bits per heavy atom. The fraction of sp³-hybridized carbons (Fsp3) is 0.667. The topological polar surface area (TPSA) is 116 Å². The summed E-state index contributed by atoms with van der Waals surface area (Å²) in [6.07, 6.45) is 0.643. The minimum Gasteiger partial charge on any atom is -0.377 e. The summed E-state index contributed by atoms with van der Waals surface area (Å²) >= 11 is 4.87. The molecule has 1 aromatic rings. The van der Waals surface area contributed by atoms with Crippen molar-refractivity contribution in [2.75, 3.05) is 33.6 Å². The molecule has 9 nitrogen and oxygen atoms in total. The van der Waals surface area contributed by atoms with Gasteiger partial charge in [-0.25, -0.2) is 4.79 Å². The number of nitrogen functional groups attached to an aromatic ring is 1. The quantitative estimate of drug-likeness (QED) is 0.377. The SMILES string of the molecule is CO[Si](CCCNC(=O)n1[nH]c(N)nc1=S)(OC)OC. The molecule has 0 aliphatic rings. The first-order valence-electron chi connectivity index (χ1n) is 5.86. The maximum Gasteiger partial charge on any atom is 0.500 e. The fourth-order valence-electron chi connectivity index (χ4n) is 1.61. The third kappa shape index (κ3) is 4.11. The zero-order chi connectivity index (χ0) is 15.2. The van der Waals surface area contributed by atoms with E-state index >= 15 is 0 Å². The predicted molar refractivity (Wildman–Crippen MR) is 76.8 cm³/mol. The van der Waals surface area contributed by atoms with E-state index in [1.165, 1.54) is 0 Å². The van der Waals surface area contributed by atoms with Crippen molar-refractivity contribution in [2.24, 2.45) is 0 Å². The summed E-state index contributed by atoms with van der Waals surface area (Å²) < 4.78 is 17.0. The van der Waals surface area contributed by atoms with Crippen molar-refractivity contribution in [3.8, 4) is 0 Å². The highest BCUT2D eigenvalue weighted by Crippen LogP contribution is 2.14. The van der Waals surface area contributed by atoms with Crippen molar-refractivity contribution in [2.45, 2.75) is 12.5 Å². The Labute approximate surface area is 122 Å². The molecule has 0 bridgehead atoms. The Morgan fingerprint density at radius 1 is 1.45 bits per heavy atom. The molecule has 20 heavy (non-hydrogen) atoms. The summed E-state index contributed by atoms with van der Waals surface area (Å²) in [7, 11) is 2.04. The molecule has 1 heterocycles. The monoisotopic (exact) mass is 321 g/mol. The maximum absolute atomic E-state index is 11.8. The van der Waals surface area contributed by atoms with Crippen molar-refractivity contribution >= 4 is 33.0 Å². The van der Waals surface area contributed by atoms with E-state index in [-0.39, 0.29) is 10.7 Å². The number of H-pyrrole nitrogens is 1. The number of hydrogen-bond donors (Lipinski definition) is 3. The van der Waals surface area contributed by atoms with Crippen LogP contribution >= 0.6 is 12.2 Å². The average Bonchev–Trinajstić information content (AvgIpc) is 2.78. The first-order valence-corrected chi connectivity index (χ1v) is 8.20. The van der Waals surface area contributed by atoms with Gasteiger partial charge in [0.15, 0.2) is 0 Å². The van der Waals surface area contributed by atoms with Crippen LogP contribution in [0.25, 0.3) is 0 Å². The number of carbonyl (C=O) groups is 1. The van der Waals surface area contributed by atoms with E-state index in [2.05, 4.69) is 15.4 Å². The predicted octanol–water partition coefficient (Wildman–Crippen LogP) is 0.349. The van der Waals surface area contributed by atoms with Crippen LogP contribution in [-0.2, 0) is 13.3 Å². The van der Waals surface area contributed by atoms with Crippen molar-refractivity contribution in [1.82, 2.24) is 20.1 Å². The van der Waals surface area contributed by atoms with Crippen LogP contribution in [0.3, 0.4) is 0 Å². The number of aromatic nitrogens is 3. The third-order valence-corrected chi connectivity index (χ3v) is 5.81. The second-order valence-corrected chi connectivity index (χ2v) is 7.31. The lowest BCUT2D eigenvalue weighted by Gasteiger charge is -2.24. The van der Waals surface area contributed by atoms with Gasteiger partial charge in [0.2, 0.25) is 10.7 Å². The molecule has 4 N–H and O–H groups in total. The number of aromatic amines is 1. The van der Waals surface area contributed by atoms with Crippen molar-refractivity contribution < 1.29 is 18.1 Å². The summed E-state index contributed by atoms with van der Waals surface area (Å²) in [5, 5.41) is 5.22. The van der Waals surface area contributed by atoms with Gasteiger partial charge in [0.25, 0.3) is 0 Å². The van der Waals surface area contributed by atoms with Crippen molar-refractivity contribution in [3.05, 3.63) is 4.77 Å². The van der Waals surface area contributed by atoms with Crippen LogP contribution in [0.15, 0.2) is 0 Å². The van der Waals surface area contributed by atoms with Gasteiger partial charge in [-0.15, -0.1) is 0 Å². The van der Waals surface area contributed by atoms with Crippen LogP contribution in [0.5, 0.6) is 0 Å². The van der Waals surface area contributed by atoms with Crippen LogP contribution in [0.2, 0.25) is 6.04 Å². The molecule has 11 heteroatoms. The Hall–Kier alpha value is -1.27. The van der Waals surface area contributed by atoms with Gasteiger partial charge in [-0.3, -0.25) is 5.10 Å². The Balaban J connectivity index is 2.43. The van der Waals surface area contributed by atoms with Gasteiger partial charge in [-0.2, -0.15) is 9.67 Å². The van der Waals surface area contributed by atoms with Crippen LogP contribution in [0.1, 0.15) is 6.42 Å². The summed E-state index contributed by atoms with van der Waals surface area (Å²) in [6, 6.07) is 0.173. The number of amides is 1. The molecule has 0 spiro atoms. The second-order valence-electron chi connectivity index (χ2n) is 3.86. The number of nitrogens with two attached hydrogens (primary N) is 1. The van der Waals surface area contributed by atoms with Crippen LogP contribution in [0.4, 0.5) is 10.7 Å². The van der Waals surface area contributed by atoms with E-state index < -0.39 is 14.8 Å². The lowest BCUT2D eigenvalue weighted by atomic mass is 10.5. The van der Waals surface area contributed by atoms with Crippen LogP contribution < -0.4 is 11.1 Å². The number of rotatable bonds is 7. The molecule has 0 aliphatic carbocycles. The minimum atomic E-state index is -2.59. The lowest BCUT2D eigenvalue weighted by molar-refractivity contribution is 0.123. The van der Waals surface area contributed by atoms with Crippen molar-refractivity contribution in [3.63, 3.8) is 0 Å². The molecule has 114 valence electrons. The summed E-state index contributed by atoms with van der Waals surface area (Å²) in [5.41, 5.74) is 5.41. The molecule has 0 aliphatic heterocycles. The van der Waals surface area contributed by atoms with Gasteiger partial charge < -0.3 is 24.3 Å². The zero-order valence-electron chi connectivity index (χ0n) is 11.6. The standard InChI is InChI=1S/C9H19N5O4SSi/c1-16-20(17-2,18-3)6-4-5-11-8(15)14-9(19)12-7(10)13-14/h4-6H2,1-3H3,(H,11,15)(H3,10,12,13,19). The van der Waals surface area contributed by atoms with Gasteiger partial charge in [0.1, 0.15) is 0 Å². The summed E-state index contributed by atoms with van der Waals surface area (Å²) in [4.78, 5) is 15.5. The highest BCUT2D eigenvalue weighted by atomic mass is 32.1. The Bertz CT molecular complexity index is 493. The fourth-order valence-corrected chi connectivity index (χ4v) is 3.56. The van der Waals surface area contributed by atoms with E-state index in [4.69, 9.17) is 31.2 Å². The average molecular weight is 321 g/mol. The number of nitrogens with one attached hydrogen (secondary N) is 2. The lowest BCUT2D eigenvalue weighted by Crippen LogP contribution is -2.43. The molecule has 0 atom stereocenters. The molecule has 1 aromatic heterocycles. The summed E-state index contributed by atoms with van der Waals surface area (Å²) in [5.74, 6) is 0.0923. The minimum absolute atomic E-state index is 0.0781. The molecular weight excluding hydrogens is 302 g/mol. The van der Waals surface area contributed by atoms with E-state index in [1.54, 1.807) is 21.3 Å². The molecule has 0 aromatic carbocycles. The van der Waals surface area contributed by atoms with Gasteiger partial charge in [0.05, 0.1) is 0 Å². The first kappa shape index (κ1) is 16.8. The van der Waals surface area contributed by atoms with E-state index in [9.17, 15) is 4.79 Å². The second kappa shape index (κ2) is 7.49. The number of hydrogen-bond acceptors (Lipinski definition) is 7. The highest BCUT2D eigenvalue weighted by Gasteiger charge is 2.36. The van der Waals surface area contributed by atoms with Crippen LogP contribution in [0, 0.1) is 4.77 Å². The normalized spacial score (nSPS) is 11.6. The van der Waals surface area contributed by atoms with E-state index in [0.717, 1.165) is 4.68 Å². The molecule has 1 rings (SSSR count). The van der Waals surface area contributed by atoms with E-state index in [0.29, 0.717) is 19.0 Å². The van der Waals surface area contributed by atoms with E-state index in [1.807, 2.05) is 0 Å². The van der Waals surface area contributed by atoms with Crippen molar-refractivity contribution in [1.29, 1.82) is 0 Å². The number of carbonyl (C=O) groups excluding carboxylic acids is 1. The molecule has 0 fully saturated rings. The maximum atomic E-state index is 11.8. The number of anilines is 1. The molecule has 1 amide bonds. The molecular formula is C9H19N5O4SSi. The highest BCUT2D eigenvalue weighted by molar-refractivity contribution is 7.71. The molecule has 0 unspecified atom stereocenters. The van der Waals surface area contributed by atoms with Gasteiger partial charge in [0, 0.05) is 33.9 Å². The largest absolute Gasteiger partial charge is 0.500 e. The van der Waals surface area contributed by atoms with Gasteiger partial charge >= 0.3 is 14.8 Å². The molecule has 0 saturated heterocycles.